The van der Waals surface area contributed by atoms with Gasteiger partial charge in [0.25, 0.3) is 0 Å². The van der Waals surface area contributed by atoms with Crippen molar-refractivity contribution in [1.82, 2.24) is 0 Å². The average Bonchev–Trinajstić information content (AvgIpc) is 2.18. The predicted molar refractivity (Wildman–Crippen MR) is 57.9 cm³/mol. The van der Waals surface area contributed by atoms with Crippen LogP contribution in [0.5, 0.6) is 0 Å². The summed E-state index contributed by atoms with van der Waals surface area (Å²) in [4.78, 5) is 0. The van der Waals surface area contributed by atoms with Gasteiger partial charge in [-0.3, -0.25) is 0 Å². The average molecular weight is 298 g/mol. The molecule has 0 saturated carbocycles. The van der Waals surface area contributed by atoms with Crippen molar-refractivity contribution in [1.29, 1.82) is 0 Å². The van der Waals surface area contributed by atoms with Gasteiger partial charge in [0, 0.05) is 0 Å². The predicted octanol–water partition coefficient (Wildman–Crippen LogP) is 2.54. The zero-order valence-electron chi connectivity index (χ0n) is 7.52. The van der Waals surface area contributed by atoms with Crippen molar-refractivity contribution in [3.63, 3.8) is 0 Å². The van der Waals surface area contributed by atoms with Crippen LogP contribution < -0.4 is 0 Å². The third-order valence-corrected chi connectivity index (χ3v) is 0.831. The molecule has 0 aromatic heterocycles. The summed E-state index contributed by atoms with van der Waals surface area (Å²) in [5.41, 5.74) is 31.5. The summed E-state index contributed by atoms with van der Waals surface area (Å²) in [6, 6.07) is 0. The van der Waals surface area contributed by atoms with E-state index in [9.17, 15) is 0 Å². The first-order valence-corrected chi connectivity index (χ1v) is 4.91. The molecule has 0 atom stereocenters. The van der Waals surface area contributed by atoms with Crippen molar-refractivity contribution in [2.75, 3.05) is 32.7 Å². The molecule has 0 saturated heterocycles. The Morgan fingerprint density at radius 1 is 0.615 bits per heavy atom. The van der Waals surface area contributed by atoms with Crippen LogP contribution in [0.1, 0.15) is 0 Å². The maximum atomic E-state index is 6.44. The van der Waals surface area contributed by atoms with Gasteiger partial charge in [-0.15, -0.1) is 0 Å². The van der Waals surface area contributed by atoms with E-state index in [1.807, 2.05) is 0 Å². The van der Waals surface area contributed by atoms with E-state index >= 15 is 0 Å². The summed E-state index contributed by atoms with van der Waals surface area (Å²) >= 11 is 2.35. The molecule has 0 bridgehead atoms. The van der Waals surface area contributed by atoms with E-state index in [0.717, 1.165) is 5.32 Å². The SMILES string of the molecule is [Co+3].[NH-]CC[NH-].[NH-]CC[NH-].[NH-]CC[SeH+]. The Morgan fingerprint density at radius 3 is 0.769 bits per heavy atom. The minimum absolute atomic E-state index is 0. The first-order chi connectivity index (χ1) is 5.74. The van der Waals surface area contributed by atoms with E-state index in [0.29, 0.717) is 6.54 Å². The molecule has 83 valence electrons. The fourth-order valence-electron chi connectivity index (χ4n) is 0. The molecular weight excluding hydrogens is 280 g/mol. The Balaban J connectivity index is -0.0000000450. The van der Waals surface area contributed by atoms with Crippen LogP contribution in [0.2, 0.25) is 5.32 Å². The van der Waals surface area contributed by atoms with Gasteiger partial charge in [-0.2, -0.15) is 26.2 Å². The van der Waals surface area contributed by atoms with Gasteiger partial charge < -0.3 is 22.9 Å². The van der Waals surface area contributed by atoms with Crippen LogP contribution in [-0.2, 0) is 16.8 Å². The summed E-state index contributed by atoms with van der Waals surface area (Å²) < 4.78 is 0. The summed E-state index contributed by atoms with van der Waals surface area (Å²) in [6.07, 6.45) is 0. The molecular formula is C6H18CoN5Se-. The molecule has 0 heterocycles. The first kappa shape index (κ1) is 23.6. The van der Waals surface area contributed by atoms with Crippen molar-refractivity contribution in [2.24, 2.45) is 0 Å². The Hall–Kier alpha value is 0.826. The van der Waals surface area contributed by atoms with E-state index < -0.39 is 0 Å². The molecule has 13 heavy (non-hydrogen) atoms. The van der Waals surface area contributed by atoms with E-state index in [1.165, 1.54) is 0 Å². The zero-order valence-corrected chi connectivity index (χ0v) is 10.4. The van der Waals surface area contributed by atoms with Gasteiger partial charge in [-0.1, -0.05) is 0 Å². The second-order valence-electron chi connectivity index (χ2n) is 1.47. The summed E-state index contributed by atoms with van der Waals surface area (Å²) in [6.45, 7) is 1.49. The van der Waals surface area contributed by atoms with Gasteiger partial charge >= 0.3 is 50.4 Å². The Kier molecular flexibility index (Phi) is 69.8. The van der Waals surface area contributed by atoms with Gasteiger partial charge in [0.1, 0.15) is 0 Å². The molecule has 0 aliphatic heterocycles. The van der Waals surface area contributed by atoms with Crippen LogP contribution in [0.3, 0.4) is 0 Å². The molecule has 0 aromatic carbocycles. The Bertz CT molecular complexity index is 36.5. The number of hydrogen-bond donors (Lipinski definition) is 0. The molecule has 0 aliphatic rings. The Labute approximate surface area is 99.5 Å². The molecule has 7 heteroatoms. The monoisotopic (exact) mass is 299 g/mol. The molecule has 5 nitrogen and oxygen atoms in total. The van der Waals surface area contributed by atoms with Crippen LogP contribution in [0, 0.1) is 0 Å². The van der Waals surface area contributed by atoms with Crippen molar-refractivity contribution in [3.05, 3.63) is 28.7 Å². The molecule has 0 fully saturated rings. The van der Waals surface area contributed by atoms with Crippen LogP contribution in [-0.4, -0.2) is 48.7 Å². The van der Waals surface area contributed by atoms with E-state index in [1.54, 1.807) is 0 Å². The van der Waals surface area contributed by atoms with Gasteiger partial charge in [-0.25, -0.2) is 0 Å². The minimum atomic E-state index is 0. The molecule has 1 radical (unpaired) electrons. The van der Waals surface area contributed by atoms with E-state index in [-0.39, 0.29) is 43.0 Å². The molecule has 0 unspecified atom stereocenters. The Morgan fingerprint density at radius 2 is 0.769 bits per heavy atom. The molecule has 0 aliphatic carbocycles. The van der Waals surface area contributed by atoms with Gasteiger partial charge in [0.15, 0.2) is 0 Å². The van der Waals surface area contributed by atoms with Crippen LogP contribution >= 0.6 is 0 Å². The van der Waals surface area contributed by atoms with Crippen molar-refractivity contribution in [2.45, 2.75) is 5.32 Å². The first-order valence-electron chi connectivity index (χ1n) is 3.58. The van der Waals surface area contributed by atoms with Crippen molar-refractivity contribution < 1.29 is 16.8 Å². The van der Waals surface area contributed by atoms with Crippen molar-refractivity contribution >= 4 is 16.0 Å². The summed E-state index contributed by atoms with van der Waals surface area (Å²) in [7, 11) is 0. The van der Waals surface area contributed by atoms with Gasteiger partial charge in [-0.05, 0) is 0 Å². The van der Waals surface area contributed by atoms with E-state index in [4.69, 9.17) is 28.7 Å². The van der Waals surface area contributed by atoms with Crippen molar-refractivity contribution in [3.8, 4) is 0 Å². The summed E-state index contributed by atoms with van der Waals surface area (Å²) in [5.74, 6) is 0. The molecule has 0 spiro atoms. The summed E-state index contributed by atoms with van der Waals surface area (Å²) in [5, 5.41) is 0.924. The molecule has 0 amide bonds. The topological polar surface area (TPSA) is 119 Å². The number of rotatable bonds is 3. The second kappa shape index (κ2) is 38.5. The molecule has 5 N–H and O–H groups in total. The second-order valence-corrected chi connectivity index (χ2v) is 2.41. The van der Waals surface area contributed by atoms with Gasteiger partial charge in [0.05, 0.1) is 0 Å². The standard InChI is InChI=1S/2C2H6N2.C2H6NSe.Co/c3*3-1-2-4;/h3*3-4H,1-2H2;/q2*-2;;+3. The molecule has 0 rings (SSSR count). The maximum absolute atomic E-state index is 6.44. The normalized spacial score (nSPS) is 6.92. The zero-order chi connectivity index (χ0) is 10.2. The van der Waals surface area contributed by atoms with Crippen LogP contribution in [0.4, 0.5) is 0 Å². The van der Waals surface area contributed by atoms with Crippen LogP contribution in [0.15, 0.2) is 0 Å². The number of hydrogen-bond acceptors (Lipinski definition) is 0. The quantitative estimate of drug-likeness (QED) is 0.711. The fourth-order valence-corrected chi connectivity index (χ4v) is 0. The molecule has 0 aromatic rings. The third-order valence-electron chi connectivity index (χ3n) is 0.362. The van der Waals surface area contributed by atoms with Crippen LogP contribution in [0.25, 0.3) is 28.7 Å². The fraction of sp³-hybridized carbons (Fsp3) is 1.00. The van der Waals surface area contributed by atoms with E-state index in [2.05, 4.69) is 16.0 Å². The number of nitrogens with one attached hydrogen (secondary N) is 5. The van der Waals surface area contributed by atoms with Gasteiger partial charge in [0.2, 0.25) is 0 Å². The third kappa shape index (κ3) is 103.